The number of rotatable bonds is 2. The summed E-state index contributed by atoms with van der Waals surface area (Å²) in [4.78, 5) is 15.8. The highest BCUT2D eigenvalue weighted by Crippen LogP contribution is 2.29. The number of halogens is 2. The number of hydrogen-bond donors (Lipinski definition) is 1. The summed E-state index contributed by atoms with van der Waals surface area (Å²) in [6, 6.07) is 8.82. The van der Waals surface area contributed by atoms with E-state index in [1.54, 1.807) is 23.6 Å². The van der Waals surface area contributed by atoms with Crippen LogP contribution in [-0.4, -0.2) is 20.6 Å². The van der Waals surface area contributed by atoms with Gasteiger partial charge in [-0.25, -0.2) is 14.2 Å². The van der Waals surface area contributed by atoms with Crippen molar-refractivity contribution in [2.24, 2.45) is 0 Å². The van der Waals surface area contributed by atoms with Gasteiger partial charge in [0.05, 0.1) is 27.3 Å². The zero-order valence-electron chi connectivity index (χ0n) is 11.0. The third-order valence-corrected chi connectivity index (χ3v) is 3.53. The van der Waals surface area contributed by atoms with Gasteiger partial charge in [-0.15, -0.1) is 0 Å². The number of carboxylic acid groups (broad SMARTS) is 1. The van der Waals surface area contributed by atoms with Gasteiger partial charge in [0.2, 0.25) is 0 Å². The molecule has 0 bridgehead atoms. The molecule has 0 saturated heterocycles. The number of carboxylic acids is 1. The van der Waals surface area contributed by atoms with Crippen molar-refractivity contribution in [3.8, 4) is 5.69 Å². The largest absolute Gasteiger partial charge is 0.478 e. The lowest BCUT2D eigenvalue weighted by molar-refractivity contribution is 0.0698. The topological polar surface area (TPSA) is 55.1 Å². The van der Waals surface area contributed by atoms with Crippen LogP contribution in [0.15, 0.2) is 36.4 Å². The number of aromatic carboxylic acids is 1. The van der Waals surface area contributed by atoms with Crippen LogP contribution in [0, 0.1) is 12.7 Å². The molecule has 0 aliphatic rings. The predicted octanol–water partition coefficient (Wildman–Crippen LogP) is 3.82. The fourth-order valence-corrected chi connectivity index (χ4v) is 2.62. The lowest BCUT2D eigenvalue weighted by Gasteiger charge is -2.10. The first-order valence-electron chi connectivity index (χ1n) is 6.16. The second kappa shape index (κ2) is 4.86. The van der Waals surface area contributed by atoms with E-state index >= 15 is 0 Å². The standard InChI is InChI=1S/C15H10ClFN2O2/c1-8-18-12-4-2-3-10(15(20)21)14(12)19(8)13-6-5-9(17)7-11(13)16/h2-7H,1H3,(H,20,21). The zero-order chi connectivity index (χ0) is 15.1. The number of hydrogen-bond acceptors (Lipinski definition) is 2. The average molecular weight is 305 g/mol. The normalized spacial score (nSPS) is 11.0. The number of imidazole rings is 1. The second-order valence-electron chi connectivity index (χ2n) is 4.57. The number of fused-ring (bicyclic) bond motifs is 1. The molecule has 0 fully saturated rings. The van der Waals surface area contributed by atoms with Crippen molar-refractivity contribution >= 4 is 28.6 Å². The fourth-order valence-electron chi connectivity index (χ4n) is 2.37. The minimum atomic E-state index is -1.06. The molecule has 0 atom stereocenters. The highest BCUT2D eigenvalue weighted by atomic mass is 35.5. The molecule has 0 unspecified atom stereocenters. The van der Waals surface area contributed by atoms with Crippen LogP contribution in [0.5, 0.6) is 0 Å². The van der Waals surface area contributed by atoms with Gasteiger partial charge in [0.1, 0.15) is 11.6 Å². The van der Waals surface area contributed by atoms with Crippen molar-refractivity contribution in [2.45, 2.75) is 6.92 Å². The van der Waals surface area contributed by atoms with Crippen LogP contribution in [0.25, 0.3) is 16.7 Å². The van der Waals surface area contributed by atoms with Crippen molar-refractivity contribution in [2.75, 3.05) is 0 Å². The molecule has 3 aromatic rings. The molecular formula is C15H10ClFN2O2. The molecule has 1 N–H and O–H groups in total. The van der Waals surface area contributed by atoms with Gasteiger partial charge in [0.25, 0.3) is 0 Å². The molecule has 4 nitrogen and oxygen atoms in total. The quantitative estimate of drug-likeness (QED) is 0.783. The van der Waals surface area contributed by atoms with Crippen LogP contribution in [-0.2, 0) is 0 Å². The van der Waals surface area contributed by atoms with E-state index in [1.165, 1.54) is 24.3 Å². The maximum absolute atomic E-state index is 13.2. The third-order valence-electron chi connectivity index (χ3n) is 3.23. The predicted molar refractivity (Wildman–Crippen MR) is 77.7 cm³/mol. The summed E-state index contributed by atoms with van der Waals surface area (Å²) < 4.78 is 14.8. The van der Waals surface area contributed by atoms with Gasteiger partial charge >= 0.3 is 5.97 Å². The first kappa shape index (κ1) is 13.6. The smallest absolute Gasteiger partial charge is 0.337 e. The molecule has 6 heteroatoms. The van der Waals surface area contributed by atoms with Crippen LogP contribution in [0.2, 0.25) is 5.02 Å². The van der Waals surface area contributed by atoms with E-state index in [0.29, 0.717) is 22.5 Å². The van der Waals surface area contributed by atoms with E-state index in [9.17, 15) is 14.3 Å². The monoisotopic (exact) mass is 304 g/mol. The molecule has 1 aromatic heterocycles. The fraction of sp³-hybridized carbons (Fsp3) is 0.0667. The Kier molecular flexibility index (Phi) is 3.14. The number of para-hydroxylation sites is 1. The molecule has 1 heterocycles. The summed E-state index contributed by atoms with van der Waals surface area (Å²) in [5.74, 6) is -0.934. The van der Waals surface area contributed by atoms with E-state index in [0.717, 1.165) is 0 Å². The van der Waals surface area contributed by atoms with E-state index < -0.39 is 11.8 Å². The van der Waals surface area contributed by atoms with E-state index in [-0.39, 0.29) is 10.6 Å². The second-order valence-corrected chi connectivity index (χ2v) is 4.98. The van der Waals surface area contributed by atoms with Gasteiger partial charge in [-0.3, -0.25) is 4.57 Å². The Morgan fingerprint density at radius 1 is 1.33 bits per heavy atom. The molecule has 0 spiro atoms. The molecule has 0 amide bonds. The van der Waals surface area contributed by atoms with Crippen LogP contribution < -0.4 is 0 Å². The molecule has 2 aromatic carbocycles. The Balaban J connectivity index is 2.41. The van der Waals surface area contributed by atoms with Gasteiger partial charge in [0.15, 0.2) is 0 Å². The Bertz CT molecular complexity index is 873. The average Bonchev–Trinajstić information content (AvgIpc) is 2.74. The molecular weight excluding hydrogens is 295 g/mol. The van der Waals surface area contributed by atoms with E-state index in [4.69, 9.17) is 11.6 Å². The first-order chi connectivity index (χ1) is 9.99. The maximum atomic E-state index is 13.2. The highest BCUT2D eigenvalue weighted by Gasteiger charge is 2.18. The first-order valence-corrected chi connectivity index (χ1v) is 6.53. The van der Waals surface area contributed by atoms with Crippen molar-refractivity contribution in [3.63, 3.8) is 0 Å². The molecule has 0 radical (unpaired) electrons. The molecule has 0 aliphatic carbocycles. The summed E-state index contributed by atoms with van der Waals surface area (Å²) in [5, 5.41) is 9.53. The minimum Gasteiger partial charge on any atom is -0.478 e. The molecule has 106 valence electrons. The molecule has 3 rings (SSSR count). The van der Waals surface area contributed by atoms with Crippen molar-refractivity contribution < 1.29 is 14.3 Å². The third kappa shape index (κ3) is 2.15. The molecule has 0 aliphatic heterocycles. The van der Waals surface area contributed by atoms with E-state index in [2.05, 4.69) is 4.98 Å². The van der Waals surface area contributed by atoms with Crippen LogP contribution in [0.3, 0.4) is 0 Å². The summed E-state index contributed by atoms with van der Waals surface area (Å²) in [6.45, 7) is 1.74. The Hall–Kier alpha value is -2.40. The highest BCUT2D eigenvalue weighted by molar-refractivity contribution is 6.32. The lowest BCUT2D eigenvalue weighted by atomic mass is 10.1. The van der Waals surface area contributed by atoms with Crippen molar-refractivity contribution in [1.29, 1.82) is 0 Å². The Morgan fingerprint density at radius 3 is 2.76 bits per heavy atom. The van der Waals surface area contributed by atoms with Gasteiger partial charge < -0.3 is 5.11 Å². The van der Waals surface area contributed by atoms with Gasteiger partial charge in [0, 0.05) is 0 Å². The molecule has 0 saturated carbocycles. The van der Waals surface area contributed by atoms with Gasteiger partial charge in [-0.05, 0) is 37.3 Å². The van der Waals surface area contributed by atoms with Crippen molar-refractivity contribution in [1.82, 2.24) is 9.55 Å². The number of aromatic nitrogens is 2. The lowest BCUT2D eigenvalue weighted by Crippen LogP contribution is -2.04. The number of benzene rings is 2. The van der Waals surface area contributed by atoms with Gasteiger partial charge in [-0.2, -0.15) is 0 Å². The summed E-state index contributed by atoms with van der Waals surface area (Å²) in [7, 11) is 0. The SMILES string of the molecule is Cc1nc2cccc(C(=O)O)c2n1-c1ccc(F)cc1Cl. The molecule has 21 heavy (non-hydrogen) atoms. The van der Waals surface area contributed by atoms with Crippen LogP contribution in [0.4, 0.5) is 4.39 Å². The number of aryl methyl sites for hydroxylation is 1. The summed E-state index contributed by atoms with van der Waals surface area (Å²) in [5.41, 5.74) is 1.60. The van der Waals surface area contributed by atoms with Crippen LogP contribution in [0.1, 0.15) is 16.2 Å². The minimum absolute atomic E-state index is 0.119. The summed E-state index contributed by atoms with van der Waals surface area (Å²) >= 11 is 6.09. The van der Waals surface area contributed by atoms with E-state index in [1.807, 2.05) is 0 Å². The van der Waals surface area contributed by atoms with Crippen molar-refractivity contribution in [3.05, 3.63) is 58.6 Å². The Labute approximate surface area is 124 Å². The number of nitrogens with zero attached hydrogens (tertiary/aromatic N) is 2. The maximum Gasteiger partial charge on any atom is 0.337 e. The summed E-state index contributed by atoms with van der Waals surface area (Å²) in [6.07, 6.45) is 0. The van der Waals surface area contributed by atoms with Crippen LogP contribution >= 0.6 is 11.6 Å². The zero-order valence-corrected chi connectivity index (χ0v) is 11.7. The van der Waals surface area contributed by atoms with Gasteiger partial charge in [-0.1, -0.05) is 17.7 Å². The Morgan fingerprint density at radius 2 is 2.10 bits per heavy atom. The number of carbonyl (C=O) groups is 1.